The lowest BCUT2D eigenvalue weighted by Crippen LogP contribution is -2.52. The molecule has 0 aromatic rings. The number of nitrogens with one attached hydrogen (secondary N) is 1. The van der Waals surface area contributed by atoms with Crippen LogP contribution in [0.15, 0.2) is 0 Å². The number of carboxylic acids is 1. The first-order valence-electron chi connectivity index (χ1n) is 5.19. The molecule has 0 saturated carbocycles. The molecule has 1 amide bonds. The van der Waals surface area contributed by atoms with E-state index in [-0.39, 0.29) is 18.1 Å². The first-order chi connectivity index (χ1) is 8.29. The van der Waals surface area contributed by atoms with Gasteiger partial charge in [0.1, 0.15) is 19.2 Å². The topological polar surface area (TPSA) is 78.9 Å². The summed E-state index contributed by atoms with van der Waals surface area (Å²) >= 11 is 0. The van der Waals surface area contributed by atoms with Crippen LogP contribution in [0, 0.1) is 0 Å². The van der Waals surface area contributed by atoms with Crippen molar-refractivity contribution >= 4 is 11.9 Å². The van der Waals surface area contributed by atoms with Crippen molar-refractivity contribution < 1.29 is 32.6 Å². The van der Waals surface area contributed by atoms with Crippen LogP contribution in [0.25, 0.3) is 0 Å². The van der Waals surface area contributed by atoms with Gasteiger partial charge in [-0.05, 0) is 0 Å². The lowest BCUT2D eigenvalue weighted by molar-refractivity contribution is -0.172. The number of aliphatic carboxylic acids is 1. The average molecular weight is 270 g/mol. The molecule has 6 nitrogen and oxygen atoms in total. The first kappa shape index (κ1) is 14.7. The molecule has 1 atom stereocenters. The van der Waals surface area contributed by atoms with Gasteiger partial charge in [0.05, 0.1) is 6.61 Å². The number of carboxylic acid groups (broad SMARTS) is 1. The molecule has 0 aromatic heterocycles. The van der Waals surface area contributed by atoms with E-state index in [1.165, 1.54) is 0 Å². The quantitative estimate of drug-likeness (QED) is 0.716. The van der Waals surface area contributed by atoms with Crippen LogP contribution < -0.4 is 5.32 Å². The van der Waals surface area contributed by atoms with Gasteiger partial charge in [-0.1, -0.05) is 0 Å². The van der Waals surface area contributed by atoms with Crippen LogP contribution in [-0.4, -0.2) is 66.9 Å². The molecular formula is C9H13F3N2O4. The lowest BCUT2D eigenvalue weighted by atomic mass is 10.2. The fourth-order valence-electron chi connectivity index (χ4n) is 1.52. The van der Waals surface area contributed by atoms with Crippen molar-refractivity contribution in [3.05, 3.63) is 0 Å². The fraction of sp³-hybridized carbons (Fsp3) is 0.778. The van der Waals surface area contributed by atoms with Gasteiger partial charge in [-0.15, -0.1) is 0 Å². The maximum Gasteiger partial charge on any atom is 0.406 e. The predicted molar refractivity (Wildman–Crippen MR) is 52.9 cm³/mol. The predicted octanol–water partition coefficient (Wildman–Crippen LogP) is -0.550. The number of amides is 1. The zero-order valence-corrected chi connectivity index (χ0v) is 9.37. The number of ether oxygens (including phenoxy) is 1. The molecule has 1 unspecified atom stereocenters. The Morgan fingerprint density at radius 3 is 2.56 bits per heavy atom. The van der Waals surface area contributed by atoms with E-state index >= 15 is 0 Å². The summed E-state index contributed by atoms with van der Waals surface area (Å²) in [6.45, 7) is -1.83. The summed E-state index contributed by atoms with van der Waals surface area (Å²) in [7, 11) is 0. The van der Waals surface area contributed by atoms with Gasteiger partial charge in [0.2, 0.25) is 0 Å². The number of hydrogen-bond acceptors (Lipinski definition) is 4. The van der Waals surface area contributed by atoms with Gasteiger partial charge in [-0.2, -0.15) is 13.2 Å². The Balaban J connectivity index is 2.68. The standard InChI is InChI=1S/C9H13F3N2O4/c10-9(11,12)5-14(4-7(15)16)8(17)6-3-13-1-2-18-6/h6,13H,1-5H2,(H,15,16). The molecule has 2 N–H and O–H groups in total. The van der Waals surface area contributed by atoms with E-state index in [1.807, 2.05) is 0 Å². The number of halogens is 3. The largest absolute Gasteiger partial charge is 0.480 e. The van der Waals surface area contributed by atoms with Gasteiger partial charge in [-0.3, -0.25) is 9.59 Å². The van der Waals surface area contributed by atoms with E-state index in [0.29, 0.717) is 6.54 Å². The highest BCUT2D eigenvalue weighted by molar-refractivity contribution is 5.85. The SMILES string of the molecule is O=C(O)CN(CC(F)(F)F)C(=O)C1CNCCO1. The molecule has 1 fully saturated rings. The minimum absolute atomic E-state index is 0.0762. The normalized spacial score (nSPS) is 20.5. The summed E-state index contributed by atoms with van der Waals surface area (Å²) in [5.41, 5.74) is 0. The number of carbonyl (C=O) groups is 2. The van der Waals surface area contributed by atoms with Crippen LogP contribution in [0.5, 0.6) is 0 Å². The van der Waals surface area contributed by atoms with Crippen LogP contribution in [-0.2, 0) is 14.3 Å². The Bertz CT molecular complexity index is 315. The molecule has 0 bridgehead atoms. The van der Waals surface area contributed by atoms with E-state index < -0.39 is 37.2 Å². The van der Waals surface area contributed by atoms with Crippen molar-refractivity contribution in [1.82, 2.24) is 10.2 Å². The zero-order valence-electron chi connectivity index (χ0n) is 9.37. The van der Waals surface area contributed by atoms with Gasteiger partial charge in [0, 0.05) is 13.1 Å². The fourth-order valence-corrected chi connectivity index (χ4v) is 1.52. The molecular weight excluding hydrogens is 257 g/mol. The third-order valence-electron chi connectivity index (χ3n) is 2.21. The Labute approximate surface area is 101 Å². The van der Waals surface area contributed by atoms with Crippen molar-refractivity contribution in [1.29, 1.82) is 0 Å². The Kier molecular flexibility index (Phi) is 4.91. The molecule has 1 saturated heterocycles. The lowest BCUT2D eigenvalue weighted by Gasteiger charge is -2.29. The molecule has 104 valence electrons. The van der Waals surface area contributed by atoms with Crippen molar-refractivity contribution in [2.75, 3.05) is 32.8 Å². The number of nitrogens with zero attached hydrogens (tertiary/aromatic N) is 1. The zero-order chi connectivity index (χ0) is 13.8. The van der Waals surface area contributed by atoms with Crippen LogP contribution in [0.3, 0.4) is 0 Å². The van der Waals surface area contributed by atoms with Crippen molar-refractivity contribution in [2.45, 2.75) is 12.3 Å². The van der Waals surface area contributed by atoms with Crippen LogP contribution in [0.4, 0.5) is 13.2 Å². The number of morpholine rings is 1. The summed E-state index contributed by atoms with van der Waals surface area (Å²) in [5.74, 6) is -2.47. The monoisotopic (exact) mass is 270 g/mol. The minimum Gasteiger partial charge on any atom is -0.480 e. The molecule has 0 radical (unpaired) electrons. The van der Waals surface area contributed by atoms with Crippen molar-refractivity contribution in [3.63, 3.8) is 0 Å². The number of rotatable bonds is 4. The number of hydrogen-bond donors (Lipinski definition) is 2. The van der Waals surface area contributed by atoms with Crippen molar-refractivity contribution in [3.8, 4) is 0 Å². The summed E-state index contributed by atoms with van der Waals surface area (Å²) < 4.78 is 41.7. The molecule has 1 aliphatic heterocycles. The maximum absolute atomic E-state index is 12.2. The van der Waals surface area contributed by atoms with Crippen molar-refractivity contribution in [2.24, 2.45) is 0 Å². The van der Waals surface area contributed by atoms with E-state index in [2.05, 4.69) is 5.32 Å². The summed E-state index contributed by atoms with van der Waals surface area (Å²) in [4.78, 5) is 22.4. The third kappa shape index (κ3) is 4.88. The molecule has 1 heterocycles. The van der Waals surface area contributed by atoms with Gasteiger partial charge < -0.3 is 20.1 Å². The molecule has 9 heteroatoms. The summed E-state index contributed by atoms with van der Waals surface area (Å²) in [6.07, 6.45) is -5.71. The van der Waals surface area contributed by atoms with E-state index in [1.54, 1.807) is 0 Å². The number of carbonyl (C=O) groups excluding carboxylic acids is 1. The summed E-state index contributed by atoms with van der Waals surface area (Å²) in [5, 5.41) is 11.3. The third-order valence-corrected chi connectivity index (χ3v) is 2.21. The molecule has 18 heavy (non-hydrogen) atoms. The van der Waals surface area contributed by atoms with Crippen LogP contribution >= 0.6 is 0 Å². The second-order valence-electron chi connectivity index (χ2n) is 3.77. The number of alkyl halides is 3. The van der Waals surface area contributed by atoms with E-state index in [9.17, 15) is 22.8 Å². The highest BCUT2D eigenvalue weighted by atomic mass is 19.4. The Morgan fingerprint density at radius 1 is 1.44 bits per heavy atom. The van der Waals surface area contributed by atoms with E-state index in [0.717, 1.165) is 0 Å². The van der Waals surface area contributed by atoms with Gasteiger partial charge in [-0.25, -0.2) is 0 Å². The second-order valence-corrected chi connectivity index (χ2v) is 3.77. The van der Waals surface area contributed by atoms with Gasteiger partial charge in [0.25, 0.3) is 5.91 Å². The minimum atomic E-state index is -4.65. The molecule has 1 rings (SSSR count). The highest BCUT2D eigenvalue weighted by Crippen LogP contribution is 2.17. The highest BCUT2D eigenvalue weighted by Gasteiger charge is 2.37. The van der Waals surface area contributed by atoms with Gasteiger partial charge >= 0.3 is 12.1 Å². The molecule has 0 spiro atoms. The molecule has 1 aliphatic rings. The van der Waals surface area contributed by atoms with Crippen LogP contribution in [0.2, 0.25) is 0 Å². The average Bonchev–Trinajstić information content (AvgIpc) is 2.26. The summed E-state index contributed by atoms with van der Waals surface area (Å²) in [6, 6.07) is 0. The van der Waals surface area contributed by atoms with Crippen LogP contribution in [0.1, 0.15) is 0 Å². The second kappa shape index (κ2) is 6.01. The Morgan fingerprint density at radius 2 is 2.11 bits per heavy atom. The van der Waals surface area contributed by atoms with E-state index in [4.69, 9.17) is 9.84 Å². The maximum atomic E-state index is 12.2. The molecule has 0 aromatic carbocycles. The smallest absolute Gasteiger partial charge is 0.406 e. The molecule has 0 aliphatic carbocycles. The Hall–Kier alpha value is -1.35. The first-order valence-corrected chi connectivity index (χ1v) is 5.19. The van der Waals surface area contributed by atoms with Gasteiger partial charge in [0.15, 0.2) is 0 Å².